The van der Waals surface area contributed by atoms with Crippen LogP contribution in [0.5, 0.6) is 0 Å². The molecule has 0 saturated heterocycles. The second-order valence-electron chi connectivity index (χ2n) is 8.93. The molecule has 1 aromatic carbocycles. The Balaban J connectivity index is 1.36. The molecule has 8 heteroatoms. The van der Waals surface area contributed by atoms with Crippen LogP contribution < -0.4 is 10.6 Å². The lowest BCUT2D eigenvalue weighted by Gasteiger charge is -2.32. The number of nitrogens with one attached hydrogen (secondary N) is 2. The maximum absolute atomic E-state index is 12.5. The fourth-order valence-electron chi connectivity index (χ4n) is 3.88. The number of rotatable bonds is 6. The quantitative estimate of drug-likeness (QED) is 0.564. The monoisotopic (exact) mass is 422 g/mol. The van der Waals surface area contributed by atoms with Gasteiger partial charge in [0.05, 0.1) is 23.4 Å². The first kappa shape index (κ1) is 21.2. The second kappa shape index (κ2) is 8.63. The molecule has 1 fully saturated rings. The number of nitrogens with zero attached hydrogens (tertiary/aromatic N) is 4. The van der Waals surface area contributed by atoms with Gasteiger partial charge in [-0.05, 0) is 52.5 Å². The molecule has 2 aromatic heterocycles. The summed E-state index contributed by atoms with van der Waals surface area (Å²) in [6.45, 7) is 5.25. The average molecular weight is 423 g/mol. The Morgan fingerprint density at radius 1 is 1.19 bits per heavy atom. The van der Waals surface area contributed by atoms with E-state index in [1.54, 1.807) is 20.0 Å². The van der Waals surface area contributed by atoms with E-state index in [0.717, 1.165) is 36.6 Å². The van der Waals surface area contributed by atoms with Gasteiger partial charge in [-0.15, -0.1) is 0 Å². The Bertz CT molecular complexity index is 1050. The van der Waals surface area contributed by atoms with Crippen molar-refractivity contribution in [3.05, 3.63) is 42.7 Å². The highest BCUT2D eigenvalue weighted by molar-refractivity contribution is 5.80. The van der Waals surface area contributed by atoms with Gasteiger partial charge in [-0.2, -0.15) is 10.1 Å². The first-order valence-corrected chi connectivity index (χ1v) is 10.9. The molecule has 4 rings (SSSR count). The van der Waals surface area contributed by atoms with E-state index in [4.69, 9.17) is 0 Å². The highest BCUT2D eigenvalue weighted by Gasteiger charge is 2.30. The van der Waals surface area contributed by atoms with Gasteiger partial charge in [0, 0.05) is 29.6 Å². The summed E-state index contributed by atoms with van der Waals surface area (Å²) >= 11 is 0. The van der Waals surface area contributed by atoms with Gasteiger partial charge in [0.2, 0.25) is 11.9 Å². The SMILES string of the molecule is CC(NC(=O)C1CCC(Nc2nccc(-n3ncc4ccccc43)n2)CC1)C(C)(C)O. The van der Waals surface area contributed by atoms with Crippen molar-refractivity contribution in [2.75, 3.05) is 5.32 Å². The second-order valence-corrected chi connectivity index (χ2v) is 8.93. The molecule has 1 atom stereocenters. The zero-order valence-electron chi connectivity index (χ0n) is 18.2. The molecule has 1 unspecified atom stereocenters. The number of anilines is 1. The zero-order valence-corrected chi connectivity index (χ0v) is 18.2. The number of carbonyl (C=O) groups is 1. The van der Waals surface area contributed by atoms with E-state index in [0.29, 0.717) is 11.8 Å². The summed E-state index contributed by atoms with van der Waals surface area (Å²) in [5.74, 6) is 1.29. The molecule has 1 amide bonds. The molecule has 2 heterocycles. The number of hydrogen-bond acceptors (Lipinski definition) is 6. The van der Waals surface area contributed by atoms with Gasteiger partial charge < -0.3 is 15.7 Å². The van der Waals surface area contributed by atoms with Crippen LogP contribution in [0.4, 0.5) is 5.95 Å². The van der Waals surface area contributed by atoms with Gasteiger partial charge >= 0.3 is 0 Å². The molecule has 1 aliphatic rings. The smallest absolute Gasteiger partial charge is 0.224 e. The number of amides is 1. The van der Waals surface area contributed by atoms with E-state index in [1.807, 2.05) is 48.1 Å². The van der Waals surface area contributed by atoms with E-state index in [1.165, 1.54) is 0 Å². The van der Waals surface area contributed by atoms with Crippen LogP contribution in [0.15, 0.2) is 42.7 Å². The average Bonchev–Trinajstić information content (AvgIpc) is 3.18. The Morgan fingerprint density at radius 3 is 2.68 bits per heavy atom. The lowest BCUT2D eigenvalue weighted by Crippen LogP contribution is -2.49. The summed E-state index contributed by atoms with van der Waals surface area (Å²) in [5.41, 5.74) is 0.0652. The first-order valence-electron chi connectivity index (χ1n) is 10.9. The number of fused-ring (bicyclic) bond motifs is 1. The number of benzene rings is 1. The molecule has 0 radical (unpaired) electrons. The van der Waals surface area contributed by atoms with Crippen molar-refractivity contribution in [3.8, 4) is 5.82 Å². The Hall–Kier alpha value is -3.00. The summed E-state index contributed by atoms with van der Waals surface area (Å²) < 4.78 is 1.81. The standard InChI is InChI=1S/C23H30N6O2/c1-15(23(2,3)31)26-21(30)16-8-10-18(11-9-16)27-22-24-13-12-20(28-22)29-19-7-5-4-6-17(19)14-25-29/h4-7,12-16,18,31H,8-11H2,1-3H3,(H,26,30)(H,24,27,28). The maximum atomic E-state index is 12.5. The lowest BCUT2D eigenvalue weighted by molar-refractivity contribution is -0.128. The molecule has 0 bridgehead atoms. The van der Waals surface area contributed by atoms with Crippen LogP contribution in [-0.2, 0) is 4.79 Å². The van der Waals surface area contributed by atoms with Crippen molar-refractivity contribution in [1.29, 1.82) is 0 Å². The van der Waals surface area contributed by atoms with E-state index in [9.17, 15) is 9.90 Å². The summed E-state index contributed by atoms with van der Waals surface area (Å²) in [5, 5.41) is 21.9. The Kier molecular flexibility index (Phi) is 5.91. The Morgan fingerprint density at radius 2 is 1.94 bits per heavy atom. The molecule has 3 aromatic rings. The molecule has 1 saturated carbocycles. The molecule has 8 nitrogen and oxygen atoms in total. The number of aliphatic hydroxyl groups is 1. The number of carbonyl (C=O) groups excluding carboxylic acids is 1. The van der Waals surface area contributed by atoms with Gasteiger partial charge in [-0.25, -0.2) is 9.67 Å². The zero-order chi connectivity index (χ0) is 22.0. The summed E-state index contributed by atoms with van der Waals surface area (Å²) in [6.07, 6.45) is 6.89. The van der Waals surface area contributed by atoms with Gasteiger partial charge in [0.25, 0.3) is 0 Å². The molecule has 1 aliphatic carbocycles. The van der Waals surface area contributed by atoms with Gasteiger partial charge in [-0.3, -0.25) is 4.79 Å². The number of aromatic nitrogens is 4. The third-order valence-electron chi connectivity index (χ3n) is 6.18. The van der Waals surface area contributed by atoms with Gasteiger partial charge in [0.1, 0.15) is 0 Å². The largest absolute Gasteiger partial charge is 0.388 e. The normalized spacial score (nSPS) is 20.4. The number of hydrogen-bond donors (Lipinski definition) is 3. The molecule has 31 heavy (non-hydrogen) atoms. The highest BCUT2D eigenvalue weighted by atomic mass is 16.3. The molecule has 0 aliphatic heterocycles. The minimum atomic E-state index is -0.934. The molecular formula is C23H30N6O2. The van der Waals surface area contributed by atoms with E-state index in [-0.39, 0.29) is 23.9 Å². The van der Waals surface area contributed by atoms with Crippen LogP contribution in [0.2, 0.25) is 0 Å². The minimum Gasteiger partial charge on any atom is -0.388 e. The first-order chi connectivity index (χ1) is 14.8. The third-order valence-corrected chi connectivity index (χ3v) is 6.18. The van der Waals surface area contributed by atoms with Crippen molar-refractivity contribution in [2.24, 2.45) is 5.92 Å². The van der Waals surface area contributed by atoms with Crippen LogP contribution in [0.3, 0.4) is 0 Å². The number of para-hydroxylation sites is 1. The van der Waals surface area contributed by atoms with Crippen molar-refractivity contribution >= 4 is 22.8 Å². The lowest BCUT2D eigenvalue weighted by atomic mass is 9.85. The highest BCUT2D eigenvalue weighted by Crippen LogP contribution is 2.27. The van der Waals surface area contributed by atoms with E-state index < -0.39 is 5.60 Å². The van der Waals surface area contributed by atoms with Crippen LogP contribution >= 0.6 is 0 Å². The topological polar surface area (TPSA) is 105 Å². The van der Waals surface area contributed by atoms with Gasteiger partial charge in [0.15, 0.2) is 5.82 Å². The van der Waals surface area contributed by atoms with Crippen LogP contribution in [0.1, 0.15) is 46.5 Å². The molecule has 0 spiro atoms. The van der Waals surface area contributed by atoms with Crippen LogP contribution in [0.25, 0.3) is 16.7 Å². The third kappa shape index (κ3) is 4.85. The molecular weight excluding hydrogens is 392 g/mol. The van der Waals surface area contributed by atoms with E-state index >= 15 is 0 Å². The molecule has 164 valence electrons. The van der Waals surface area contributed by atoms with Crippen molar-refractivity contribution < 1.29 is 9.90 Å². The predicted octanol–water partition coefficient (Wildman–Crippen LogP) is 3.06. The van der Waals surface area contributed by atoms with Crippen molar-refractivity contribution in [2.45, 2.75) is 64.1 Å². The summed E-state index contributed by atoms with van der Waals surface area (Å²) in [4.78, 5) is 21.6. The summed E-state index contributed by atoms with van der Waals surface area (Å²) in [6, 6.07) is 9.79. The fourth-order valence-corrected chi connectivity index (χ4v) is 3.88. The molecule has 3 N–H and O–H groups in total. The van der Waals surface area contributed by atoms with Crippen LogP contribution in [-0.4, -0.2) is 48.4 Å². The van der Waals surface area contributed by atoms with Gasteiger partial charge in [-0.1, -0.05) is 18.2 Å². The van der Waals surface area contributed by atoms with Crippen molar-refractivity contribution in [3.63, 3.8) is 0 Å². The maximum Gasteiger partial charge on any atom is 0.224 e. The van der Waals surface area contributed by atoms with Crippen molar-refractivity contribution in [1.82, 2.24) is 25.1 Å². The predicted molar refractivity (Wildman–Crippen MR) is 120 cm³/mol. The minimum absolute atomic E-state index is 0.0226. The fraction of sp³-hybridized carbons (Fsp3) is 0.478. The van der Waals surface area contributed by atoms with Crippen LogP contribution in [0, 0.1) is 5.92 Å². The summed E-state index contributed by atoms with van der Waals surface area (Å²) in [7, 11) is 0. The van der Waals surface area contributed by atoms with E-state index in [2.05, 4.69) is 25.7 Å². The Labute approximate surface area is 182 Å².